The topological polar surface area (TPSA) is 15.3 Å². The predicted molar refractivity (Wildman–Crippen MR) is 76.4 cm³/mol. The molecule has 0 aromatic heterocycles. The third-order valence-corrected chi connectivity index (χ3v) is 4.11. The van der Waals surface area contributed by atoms with Gasteiger partial charge < -0.3 is 10.2 Å². The van der Waals surface area contributed by atoms with Crippen molar-refractivity contribution < 1.29 is 0 Å². The van der Waals surface area contributed by atoms with Gasteiger partial charge in [0.2, 0.25) is 0 Å². The minimum Gasteiger partial charge on any atom is -0.315 e. The summed E-state index contributed by atoms with van der Waals surface area (Å²) in [6, 6.07) is 0.711. The van der Waals surface area contributed by atoms with Gasteiger partial charge in [-0.1, -0.05) is 26.7 Å². The summed E-state index contributed by atoms with van der Waals surface area (Å²) in [5.74, 6) is 1.77. The summed E-state index contributed by atoms with van der Waals surface area (Å²) in [5, 5.41) is 3.62. The van der Waals surface area contributed by atoms with E-state index < -0.39 is 0 Å². The zero-order chi connectivity index (χ0) is 12.7. The number of hydrogen-bond acceptors (Lipinski definition) is 2. The first-order valence-electron chi connectivity index (χ1n) is 7.50. The van der Waals surface area contributed by atoms with Crippen LogP contribution in [0.25, 0.3) is 0 Å². The lowest BCUT2D eigenvalue weighted by Crippen LogP contribution is -2.37. The fourth-order valence-electron chi connectivity index (χ4n) is 2.86. The second-order valence-corrected chi connectivity index (χ2v) is 6.31. The summed E-state index contributed by atoms with van der Waals surface area (Å²) >= 11 is 0. The molecule has 1 fully saturated rings. The van der Waals surface area contributed by atoms with Gasteiger partial charge in [-0.2, -0.15) is 0 Å². The first-order valence-corrected chi connectivity index (χ1v) is 7.50. The summed E-state index contributed by atoms with van der Waals surface area (Å²) in [4.78, 5) is 2.49. The van der Waals surface area contributed by atoms with E-state index in [0.717, 1.165) is 18.4 Å². The van der Waals surface area contributed by atoms with Crippen LogP contribution in [0.1, 0.15) is 52.9 Å². The van der Waals surface area contributed by atoms with Crippen LogP contribution in [0.3, 0.4) is 0 Å². The summed E-state index contributed by atoms with van der Waals surface area (Å²) in [6.45, 7) is 10.5. The Hall–Kier alpha value is -0.0800. The number of nitrogens with one attached hydrogen (secondary N) is 1. The zero-order valence-corrected chi connectivity index (χ0v) is 12.3. The van der Waals surface area contributed by atoms with Crippen molar-refractivity contribution in [3.8, 4) is 0 Å². The standard InChI is InChI=1S/C15H32N2/c1-13(2)11-14(3)17(4)10-9-16-12-15-7-5-6-8-15/h13-16H,5-12H2,1-4H3. The Balaban J connectivity index is 2.00. The van der Waals surface area contributed by atoms with Crippen molar-refractivity contribution >= 4 is 0 Å². The van der Waals surface area contributed by atoms with Gasteiger partial charge in [-0.3, -0.25) is 0 Å². The minimum atomic E-state index is 0.711. The summed E-state index contributed by atoms with van der Waals surface area (Å²) in [5.41, 5.74) is 0. The monoisotopic (exact) mass is 240 g/mol. The van der Waals surface area contributed by atoms with E-state index in [9.17, 15) is 0 Å². The van der Waals surface area contributed by atoms with Crippen LogP contribution in [0.4, 0.5) is 0 Å². The van der Waals surface area contributed by atoms with Gasteiger partial charge in [0.05, 0.1) is 0 Å². The summed E-state index contributed by atoms with van der Waals surface area (Å²) in [7, 11) is 2.25. The summed E-state index contributed by atoms with van der Waals surface area (Å²) < 4.78 is 0. The molecule has 1 aliphatic rings. The van der Waals surface area contributed by atoms with E-state index in [4.69, 9.17) is 0 Å². The van der Waals surface area contributed by atoms with Crippen molar-refractivity contribution in [1.29, 1.82) is 0 Å². The Kier molecular flexibility index (Phi) is 7.14. The average Bonchev–Trinajstić information content (AvgIpc) is 2.75. The molecule has 0 radical (unpaired) electrons. The van der Waals surface area contributed by atoms with Crippen LogP contribution in [-0.4, -0.2) is 37.6 Å². The zero-order valence-electron chi connectivity index (χ0n) is 12.3. The Morgan fingerprint density at radius 3 is 2.41 bits per heavy atom. The van der Waals surface area contributed by atoms with Crippen LogP contribution in [0.5, 0.6) is 0 Å². The Morgan fingerprint density at radius 2 is 1.82 bits per heavy atom. The number of rotatable bonds is 8. The van der Waals surface area contributed by atoms with E-state index in [1.165, 1.54) is 45.2 Å². The molecule has 1 aliphatic carbocycles. The molecule has 1 atom stereocenters. The molecule has 1 saturated carbocycles. The van der Waals surface area contributed by atoms with E-state index >= 15 is 0 Å². The highest BCUT2D eigenvalue weighted by Crippen LogP contribution is 2.23. The van der Waals surface area contributed by atoms with E-state index in [0.29, 0.717) is 6.04 Å². The van der Waals surface area contributed by atoms with Crippen LogP contribution in [0.2, 0.25) is 0 Å². The van der Waals surface area contributed by atoms with Gasteiger partial charge >= 0.3 is 0 Å². The molecule has 0 heterocycles. The molecule has 1 N–H and O–H groups in total. The van der Waals surface area contributed by atoms with E-state index in [-0.39, 0.29) is 0 Å². The normalized spacial score (nSPS) is 19.4. The lowest BCUT2D eigenvalue weighted by atomic mass is 10.0. The molecule has 0 aromatic carbocycles. The number of likely N-dealkylation sites (N-methyl/N-ethyl adjacent to an activating group) is 1. The SMILES string of the molecule is CC(C)CC(C)N(C)CCNCC1CCCC1. The minimum absolute atomic E-state index is 0.711. The highest BCUT2D eigenvalue weighted by Gasteiger charge is 2.14. The molecule has 1 rings (SSSR count). The number of hydrogen-bond donors (Lipinski definition) is 1. The van der Waals surface area contributed by atoms with Gasteiger partial charge in [-0.15, -0.1) is 0 Å². The van der Waals surface area contributed by atoms with Gasteiger partial charge in [0.1, 0.15) is 0 Å². The molecule has 17 heavy (non-hydrogen) atoms. The molecule has 0 amide bonds. The van der Waals surface area contributed by atoms with Crippen LogP contribution in [0.15, 0.2) is 0 Å². The average molecular weight is 240 g/mol. The predicted octanol–water partition coefficient (Wildman–Crippen LogP) is 3.13. The lowest BCUT2D eigenvalue weighted by molar-refractivity contribution is 0.227. The fourth-order valence-corrected chi connectivity index (χ4v) is 2.86. The number of nitrogens with zero attached hydrogens (tertiary/aromatic N) is 1. The third kappa shape index (κ3) is 6.42. The Morgan fingerprint density at radius 1 is 1.18 bits per heavy atom. The van der Waals surface area contributed by atoms with Crippen LogP contribution in [-0.2, 0) is 0 Å². The lowest BCUT2D eigenvalue weighted by Gasteiger charge is -2.26. The fraction of sp³-hybridized carbons (Fsp3) is 1.00. The molecule has 1 unspecified atom stereocenters. The van der Waals surface area contributed by atoms with Crippen LogP contribution >= 0.6 is 0 Å². The second kappa shape index (κ2) is 8.10. The van der Waals surface area contributed by atoms with Gasteiger partial charge in [0.25, 0.3) is 0 Å². The summed E-state index contributed by atoms with van der Waals surface area (Å²) in [6.07, 6.45) is 7.12. The molecule has 2 heteroatoms. The molecule has 0 spiro atoms. The van der Waals surface area contributed by atoms with Gasteiger partial charge in [-0.05, 0) is 51.6 Å². The van der Waals surface area contributed by atoms with Crippen molar-refractivity contribution in [1.82, 2.24) is 10.2 Å². The van der Waals surface area contributed by atoms with Gasteiger partial charge in [-0.25, -0.2) is 0 Å². The van der Waals surface area contributed by atoms with Crippen LogP contribution in [0, 0.1) is 11.8 Å². The van der Waals surface area contributed by atoms with Crippen molar-refractivity contribution in [3.05, 3.63) is 0 Å². The maximum atomic E-state index is 3.62. The first kappa shape index (κ1) is 15.0. The van der Waals surface area contributed by atoms with Gasteiger partial charge in [0, 0.05) is 19.1 Å². The largest absolute Gasteiger partial charge is 0.315 e. The van der Waals surface area contributed by atoms with E-state index in [1.54, 1.807) is 0 Å². The third-order valence-electron chi connectivity index (χ3n) is 4.11. The molecule has 2 nitrogen and oxygen atoms in total. The first-order chi connectivity index (χ1) is 8.09. The highest BCUT2D eigenvalue weighted by molar-refractivity contribution is 4.71. The maximum Gasteiger partial charge on any atom is 0.0107 e. The molecular formula is C15H32N2. The Bertz CT molecular complexity index is 185. The van der Waals surface area contributed by atoms with Gasteiger partial charge in [0.15, 0.2) is 0 Å². The van der Waals surface area contributed by atoms with Crippen molar-refractivity contribution in [2.75, 3.05) is 26.7 Å². The molecular weight excluding hydrogens is 208 g/mol. The van der Waals surface area contributed by atoms with Crippen molar-refractivity contribution in [3.63, 3.8) is 0 Å². The molecule has 0 aliphatic heterocycles. The quantitative estimate of drug-likeness (QED) is 0.656. The van der Waals surface area contributed by atoms with Crippen LogP contribution < -0.4 is 5.32 Å². The molecule has 0 saturated heterocycles. The Labute approximate surface area is 108 Å². The van der Waals surface area contributed by atoms with Crippen molar-refractivity contribution in [2.24, 2.45) is 11.8 Å². The van der Waals surface area contributed by atoms with E-state index in [2.05, 4.69) is 38.0 Å². The second-order valence-electron chi connectivity index (χ2n) is 6.31. The molecule has 0 bridgehead atoms. The smallest absolute Gasteiger partial charge is 0.0107 e. The van der Waals surface area contributed by atoms with E-state index in [1.807, 2.05) is 0 Å². The highest BCUT2D eigenvalue weighted by atomic mass is 15.1. The molecule has 0 aromatic rings. The maximum absolute atomic E-state index is 3.62. The molecule has 102 valence electrons. The van der Waals surface area contributed by atoms with Crippen molar-refractivity contribution in [2.45, 2.75) is 58.9 Å².